The Labute approximate surface area is 265 Å². The smallest absolute Gasteiger partial charge is 0.275 e. The molecule has 0 fully saturated rings. The molecule has 11 nitrogen and oxygen atoms in total. The maximum atomic E-state index is 13.5. The Balaban J connectivity index is 1.10. The summed E-state index contributed by atoms with van der Waals surface area (Å²) in [7, 11) is 4.90. The first-order valence-electron chi connectivity index (χ1n) is 14.7. The van der Waals surface area contributed by atoms with Gasteiger partial charge in [0.2, 0.25) is 0 Å². The van der Waals surface area contributed by atoms with Crippen molar-refractivity contribution in [3.8, 4) is 11.5 Å². The Hall–Kier alpha value is -5.81. The van der Waals surface area contributed by atoms with E-state index in [1.54, 1.807) is 12.1 Å². The lowest BCUT2D eigenvalue weighted by molar-refractivity contribution is 0.102. The van der Waals surface area contributed by atoms with Gasteiger partial charge in [-0.1, -0.05) is 30.3 Å². The van der Waals surface area contributed by atoms with Gasteiger partial charge in [0.25, 0.3) is 11.8 Å². The molecule has 2 heterocycles. The molecule has 0 spiro atoms. The summed E-state index contributed by atoms with van der Waals surface area (Å²) in [6.07, 6.45) is 4.10. The summed E-state index contributed by atoms with van der Waals surface area (Å²) in [6.45, 7) is 1.56. The fraction of sp³-hybridized carbons (Fsp3) is 0.171. The summed E-state index contributed by atoms with van der Waals surface area (Å²) in [4.78, 5) is 35.4. The number of amides is 2. The minimum Gasteiger partial charge on any atom is -0.493 e. The van der Waals surface area contributed by atoms with Gasteiger partial charge >= 0.3 is 0 Å². The average molecular weight is 616 g/mol. The lowest BCUT2D eigenvalue weighted by atomic mass is 10.1. The Morgan fingerprint density at radius 1 is 0.804 bits per heavy atom. The third-order valence-electron chi connectivity index (χ3n) is 7.64. The molecule has 6 aromatic rings. The summed E-state index contributed by atoms with van der Waals surface area (Å²) in [5.74, 6) is -0.246. The van der Waals surface area contributed by atoms with Crippen LogP contribution in [0.2, 0.25) is 0 Å². The van der Waals surface area contributed by atoms with E-state index in [1.807, 2.05) is 60.4 Å². The molecule has 232 valence electrons. The highest BCUT2D eigenvalue weighted by Gasteiger charge is 2.20. The molecule has 0 aliphatic carbocycles. The number of methoxy groups -OCH3 is 2. The molecule has 2 aromatic heterocycles. The zero-order valence-electron chi connectivity index (χ0n) is 25.7. The molecule has 2 amide bonds. The van der Waals surface area contributed by atoms with E-state index in [4.69, 9.17) is 9.47 Å². The molecule has 0 radical (unpaired) electrons. The normalized spacial score (nSPS) is 11.0. The predicted octanol–water partition coefficient (Wildman–Crippen LogP) is 5.37. The third kappa shape index (κ3) is 6.64. The summed E-state index contributed by atoms with van der Waals surface area (Å²) in [5.41, 5.74) is 5.85. The molecule has 3 N–H and O–H groups in total. The van der Waals surface area contributed by atoms with Gasteiger partial charge in [0.1, 0.15) is 5.69 Å². The number of carbonyl (C=O) groups is 2. The highest BCUT2D eigenvalue weighted by atomic mass is 16.5. The van der Waals surface area contributed by atoms with Gasteiger partial charge in [0, 0.05) is 30.7 Å². The van der Waals surface area contributed by atoms with Crippen molar-refractivity contribution < 1.29 is 19.1 Å². The third-order valence-corrected chi connectivity index (χ3v) is 7.64. The van der Waals surface area contributed by atoms with Crippen LogP contribution >= 0.6 is 0 Å². The molecule has 6 rings (SSSR count). The number of rotatable bonds is 11. The van der Waals surface area contributed by atoms with Crippen molar-refractivity contribution in [1.29, 1.82) is 0 Å². The topological polar surface area (TPSA) is 132 Å². The molecule has 11 heteroatoms. The number of fused-ring (bicyclic) bond motifs is 2. The second kappa shape index (κ2) is 13.4. The van der Waals surface area contributed by atoms with Gasteiger partial charge in [-0.15, -0.1) is 0 Å². The first-order chi connectivity index (χ1) is 22.4. The zero-order chi connectivity index (χ0) is 32.0. The van der Waals surface area contributed by atoms with E-state index in [0.29, 0.717) is 28.2 Å². The number of anilines is 2. The van der Waals surface area contributed by atoms with Crippen molar-refractivity contribution in [2.75, 3.05) is 31.4 Å². The fourth-order valence-corrected chi connectivity index (χ4v) is 5.16. The highest BCUT2D eigenvalue weighted by molar-refractivity contribution is 6.12. The van der Waals surface area contributed by atoms with Gasteiger partial charge in [-0.2, -0.15) is 5.10 Å². The summed E-state index contributed by atoms with van der Waals surface area (Å²) in [6, 6.07) is 24.4. The van der Waals surface area contributed by atoms with Crippen LogP contribution in [-0.2, 0) is 20.0 Å². The molecule has 46 heavy (non-hydrogen) atoms. The quantitative estimate of drug-likeness (QED) is 0.166. The first kappa shape index (κ1) is 30.2. The van der Waals surface area contributed by atoms with Crippen molar-refractivity contribution in [2.24, 2.45) is 7.05 Å². The number of carbonyl (C=O) groups excluding carboxylic acids is 2. The van der Waals surface area contributed by atoms with Crippen LogP contribution in [0.15, 0.2) is 91.3 Å². The van der Waals surface area contributed by atoms with E-state index in [1.165, 1.54) is 32.0 Å². The molecule has 0 aliphatic rings. The molecular formula is C35H33N7O4. The number of hydrogen-bond acceptors (Lipinski definition) is 8. The van der Waals surface area contributed by atoms with Crippen LogP contribution in [0.1, 0.15) is 32.0 Å². The number of para-hydroxylation sites is 2. The second-order valence-electron chi connectivity index (χ2n) is 10.7. The number of aromatic nitrogens is 4. The molecule has 0 aliphatic heterocycles. The predicted molar refractivity (Wildman–Crippen MR) is 178 cm³/mol. The van der Waals surface area contributed by atoms with Crippen LogP contribution in [0.5, 0.6) is 11.5 Å². The van der Waals surface area contributed by atoms with Crippen LogP contribution in [0.3, 0.4) is 0 Å². The Morgan fingerprint density at radius 3 is 2.33 bits per heavy atom. The Morgan fingerprint density at radius 2 is 1.54 bits per heavy atom. The molecular weight excluding hydrogens is 582 g/mol. The Bertz CT molecular complexity index is 2040. The van der Waals surface area contributed by atoms with Crippen molar-refractivity contribution in [1.82, 2.24) is 25.1 Å². The zero-order valence-corrected chi connectivity index (χ0v) is 25.7. The van der Waals surface area contributed by atoms with Crippen molar-refractivity contribution in [2.45, 2.75) is 13.0 Å². The standard InChI is InChI=1S/C35H33N7O4/c1-42-31-13-10-23(16-24(31)20-38-42)19-36-15-14-22-8-11-25(12-9-22)39-34(43)26-17-32(45-2)33(46-3)18-29(26)41-35(44)30-21-37-27-6-4-5-7-28(27)40-30/h4-13,16-18,20-21,36H,14-15,19H2,1-3H3,(H,39,43)(H,41,44). The number of hydrogen-bond donors (Lipinski definition) is 3. The van der Waals surface area contributed by atoms with Crippen molar-refractivity contribution >= 4 is 45.1 Å². The van der Waals surface area contributed by atoms with Gasteiger partial charge in [0.15, 0.2) is 11.5 Å². The van der Waals surface area contributed by atoms with Crippen molar-refractivity contribution in [3.05, 3.63) is 114 Å². The number of ether oxygens (including phenoxy) is 2. The second-order valence-corrected chi connectivity index (χ2v) is 10.7. The summed E-state index contributed by atoms with van der Waals surface area (Å²) >= 11 is 0. The molecule has 0 saturated heterocycles. The average Bonchev–Trinajstić information content (AvgIpc) is 3.46. The van der Waals surface area contributed by atoms with E-state index in [9.17, 15) is 9.59 Å². The first-order valence-corrected chi connectivity index (χ1v) is 14.7. The van der Waals surface area contributed by atoms with Crippen LogP contribution in [-0.4, -0.2) is 52.3 Å². The highest BCUT2D eigenvalue weighted by Crippen LogP contribution is 2.34. The summed E-state index contributed by atoms with van der Waals surface area (Å²) < 4.78 is 12.7. The maximum Gasteiger partial charge on any atom is 0.275 e. The summed E-state index contributed by atoms with van der Waals surface area (Å²) in [5, 5.41) is 14.6. The van der Waals surface area contributed by atoms with E-state index in [2.05, 4.69) is 49.2 Å². The van der Waals surface area contributed by atoms with Gasteiger partial charge in [-0.25, -0.2) is 4.98 Å². The van der Waals surface area contributed by atoms with Crippen LogP contribution in [0.4, 0.5) is 11.4 Å². The largest absolute Gasteiger partial charge is 0.493 e. The maximum absolute atomic E-state index is 13.5. The van der Waals surface area contributed by atoms with E-state index < -0.39 is 11.8 Å². The lowest BCUT2D eigenvalue weighted by Gasteiger charge is -2.16. The van der Waals surface area contributed by atoms with Crippen LogP contribution in [0, 0.1) is 0 Å². The van der Waals surface area contributed by atoms with E-state index >= 15 is 0 Å². The number of nitrogens with one attached hydrogen (secondary N) is 3. The van der Waals surface area contributed by atoms with Gasteiger partial charge in [0.05, 0.1) is 54.4 Å². The molecule has 0 bridgehead atoms. The van der Waals surface area contributed by atoms with Gasteiger partial charge in [-0.05, 0) is 66.6 Å². The molecule has 0 atom stereocenters. The van der Waals surface area contributed by atoms with Crippen LogP contribution in [0.25, 0.3) is 21.9 Å². The van der Waals surface area contributed by atoms with Crippen molar-refractivity contribution in [3.63, 3.8) is 0 Å². The van der Waals surface area contributed by atoms with E-state index in [-0.39, 0.29) is 16.9 Å². The lowest BCUT2D eigenvalue weighted by Crippen LogP contribution is -2.19. The fourth-order valence-electron chi connectivity index (χ4n) is 5.16. The van der Waals surface area contributed by atoms with E-state index in [0.717, 1.165) is 36.0 Å². The molecule has 4 aromatic carbocycles. The Kier molecular flexibility index (Phi) is 8.84. The minimum atomic E-state index is -0.518. The molecule has 0 saturated carbocycles. The monoisotopic (exact) mass is 615 g/mol. The molecule has 0 unspecified atom stereocenters. The number of nitrogens with zero attached hydrogens (tertiary/aromatic N) is 4. The van der Waals surface area contributed by atoms with Gasteiger partial charge in [-0.3, -0.25) is 19.3 Å². The van der Waals surface area contributed by atoms with Gasteiger partial charge < -0.3 is 25.4 Å². The number of benzene rings is 4. The minimum absolute atomic E-state index is 0.111. The SMILES string of the molecule is COc1cc(NC(=O)c2cnc3ccccc3n2)c(C(=O)Nc2ccc(CCNCc3ccc4c(cnn4C)c3)cc2)cc1OC. The number of aryl methyl sites for hydroxylation is 1. The van der Waals surface area contributed by atoms with Crippen LogP contribution < -0.4 is 25.4 Å².